The Morgan fingerprint density at radius 3 is 2.54 bits per heavy atom. The van der Waals surface area contributed by atoms with Crippen LogP contribution in [0.4, 0.5) is 17.6 Å². The van der Waals surface area contributed by atoms with Gasteiger partial charge >= 0.3 is 0 Å². The molecule has 0 bridgehead atoms. The minimum Gasteiger partial charge on any atom is -0.486 e. The van der Waals surface area contributed by atoms with Gasteiger partial charge in [-0.15, -0.1) is 0 Å². The van der Waals surface area contributed by atoms with Gasteiger partial charge in [0.1, 0.15) is 12.4 Å². The average molecular weight is 371 g/mol. The van der Waals surface area contributed by atoms with Crippen LogP contribution in [-0.4, -0.2) is 29.6 Å². The lowest BCUT2D eigenvalue weighted by molar-refractivity contribution is 0.295. The van der Waals surface area contributed by atoms with E-state index in [1.807, 2.05) is 30.3 Å². The molecular formula is C17H17N5O3S. The molecule has 3 N–H and O–H groups in total. The first-order chi connectivity index (χ1) is 12.4. The van der Waals surface area contributed by atoms with Gasteiger partial charge in [-0.25, -0.2) is 8.42 Å². The fraction of sp³-hybridized carbons (Fsp3) is 0.118. The first-order valence-corrected chi connectivity index (χ1v) is 9.55. The van der Waals surface area contributed by atoms with Crippen molar-refractivity contribution in [3.63, 3.8) is 0 Å². The predicted octanol–water partition coefficient (Wildman–Crippen LogP) is 2.18. The summed E-state index contributed by atoms with van der Waals surface area (Å²) >= 11 is 0. The molecule has 3 aromatic rings. The first kappa shape index (κ1) is 17.6. The number of hydrogen-bond donors (Lipinski definition) is 2. The van der Waals surface area contributed by atoms with Crippen LogP contribution >= 0.6 is 0 Å². The number of nitrogens with two attached hydrogens (primary N) is 1. The molecule has 134 valence electrons. The van der Waals surface area contributed by atoms with Gasteiger partial charge in [0.25, 0.3) is 0 Å². The zero-order valence-corrected chi connectivity index (χ0v) is 14.8. The van der Waals surface area contributed by atoms with Gasteiger partial charge in [-0.1, -0.05) is 24.3 Å². The molecule has 0 unspecified atom stereocenters. The van der Waals surface area contributed by atoms with Crippen molar-refractivity contribution in [3.05, 3.63) is 60.4 Å². The summed E-state index contributed by atoms with van der Waals surface area (Å²) in [5.41, 5.74) is 6.54. The van der Waals surface area contributed by atoms with E-state index in [0.717, 1.165) is 11.9 Å². The molecule has 0 saturated carbocycles. The summed E-state index contributed by atoms with van der Waals surface area (Å²) in [6, 6.07) is 15.6. The summed E-state index contributed by atoms with van der Waals surface area (Å²) in [5, 5.41) is 3.04. The molecule has 8 nitrogen and oxygen atoms in total. The standard InChI is InChI=1S/C17H17N5O3S/c1-26(23,24)14-9-5-8-13(10-14)25-11-15-20-16(18)22-17(21-15)19-12-6-3-2-4-7-12/h2-10H,11H2,1H3,(H3,18,19,20,21,22). The number of hydrogen-bond acceptors (Lipinski definition) is 8. The Morgan fingerprint density at radius 1 is 1.04 bits per heavy atom. The van der Waals surface area contributed by atoms with Crippen LogP contribution < -0.4 is 15.8 Å². The molecule has 9 heteroatoms. The lowest BCUT2D eigenvalue weighted by Crippen LogP contribution is -2.09. The Kier molecular flexibility index (Phi) is 4.99. The predicted molar refractivity (Wildman–Crippen MR) is 97.8 cm³/mol. The number of nitrogens with one attached hydrogen (secondary N) is 1. The number of nitrogen functional groups attached to an aromatic ring is 1. The van der Waals surface area contributed by atoms with Crippen LogP contribution in [0.15, 0.2) is 59.5 Å². The molecule has 1 aromatic heterocycles. The molecule has 0 aliphatic heterocycles. The van der Waals surface area contributed by atoms with Crippen LogP contribution in [0.3, 0.4) is 0 Å². The summed E-state index contributed by atoms with van der Waals surface area (Å²) in [6.45, 7) is 0.0173. The van der Waals surface area contributed by atoms with Crippen LogP contribution in [0.5, 0.6) is 5.75 Å². The van der Waals surface area contributed by atoms with Crippen molar-refractivity contribution in [2.45, 2.75) is 11.5 Å². The van der Waals surface area contributed by atoms with E-state index in [0.29, 0.717) is 17.5 Å². The molecule has 0 aliphatic rings. The van der Waals surface area contributed by atoms with Crippen LogP contribution in [-0.2, 0) is 16.4 Å². The van der Waals surface area contributed by atoms with Crippen molar-refractivity contribution >= 4 is 27.4 Å². The monoisotopic (exact) mass is 371 g/mol. The van der Waals surface area contributed by atoms with E-state index in [1.54, 1.807) is 12.1 Å². The topological polar surface area (TPSA) is 120 Å². The second-order valence-electron chi connectivity index (χ2n) is 5.46. The van der Waals surface area contributed by atoms with E-state index in [2.05, 4.69) is 20.3 Å². The molecule has 0 aliphatic carbocycles. The lowest BCUT2D eigenvalue weighted by Gasteiger charge is -2.09. The molecule has 0 radical (unpaired) electrons. The molecular weight excluding hydrogens is 354 g/mol. The van der Waals surface area contributed by atoms with Crippen molar-refractivity contribution in [2.75, 3.05) is 17.3 Å². The third-order valence-corrected chi connectivity index (χ3v) is 4.44. The number of para-hydroxylation sites is 1. The van der Waals surface area contributed by atoms with Gasteiger partial charge < -0.3 is 15.8 Å². The Balaban J connectivity index is 1.74. The summed E-state index contributed by atoms with van der Waals surface area (Å²) in [7, 11) is -3.31. The minimum absolute atomic E-state index is 0.0173. The highest BCUT2D eigenvalue weighted by Crippen LogP contribution is 2.19. The van der Waals surface area contributed by atoms with Gasteiger partial charge in [0.2, 0.25) is 11.9 Å². The highest BCUT2D eigenvalue weighted by atomic mass is 32.2. The number of benzene rings is 2. The normalized spacial score (nSPS) is 11.1. The second kappa shape index (κ2) is 7.36. The molecule has 0 amide bonds. The van der Waals surface area contributed by atoms with E-state index in [4.69, 9.17) is 10.5 Å². The Bertz CT molecular complexity index is 1010. The van der Waals surface area contributed by atoms with Crippen molar-refractivity contribution in [2.24, 2.45) is 0 Å². The van der Waals surface area contributed by atoms with Crippen LogP contribution in [0, 0.1) is 0 Å². The number of anilines is 3. The molecule has 0 atom stereocenters. The summed E-state index contributed by atoms with van der Waals surface area (Å²) < 4.78 is 28.8. The molecule has 2 aromatic carbocycles. The van der Waals surface area contributed by atoms with Gasteiger partial charge in [0.15, 0.2) is 15.7 Å². The van der Waals surface area contributed by atoms with Crippen molar-refractivity contribution < 1.29 is 13.2 Å². The fourth-order valence-corrected chi connectivity index (χ4v) is 2.81. The molecule has 0 fully saturated rings. The zero-order chi connectivity index (χ0) is 18.6. The SMILES string of the molecule is CS(=O)(=O)c1cccc(OCc2nc(N)nc(Nc3ccccc3)n2)c1. The third kappa shape index (κ3) is 4.67. The Hall–Kier alpha value is -3.20. The molecule has 1 heterocycles. The van der Waals surface area contributed by atoms with E-state index >= 15 is 0 Å². The van der Waals surface area contributed by atoms with Gasteiger partial charge in [-0.05, 0) is 30.3 Å². The first-order valence-electron chi connectivity index (χ1n) is 7.65. The number of sulfone groups is 1. The summed E-state index contributed by atoms with van der Waals surface area (Å²) in [6.07, 6.45) is 1.14. The summed E-state index contributed by atoms with van der Waals surface area (Å²) in [4.78, 5) is 12.5. The van der Waals surface area contributed by atoms with Crippen LogP contribution in [0.1, 0.15) is 5.82 Å². The highest BCUT2D eigenvalue weighted by molar-refractivity contribution is 7.90. The fourth-order valence-electron chi connectivity index (χ4n) is 2.15. The van der Waals surface area contributed by atoms with E-state index < -0.39 is 9.84 Å². The highest BCUT2D eigenvalue weighted by Gasteiger charge is 2.09. The molecule has 0 spiro atoms. The van der Waals surface area contributed by atoms with Crippen molar-refractivity contribution in [1.29, 1.82) is 0 Å². The van der Waals surface area contributed by atoms with Crippen molar-refractivity contribution in [3.8, 4) is 5.75 Å². The lowest BCUT2D eigenvalue weighted by atomic mass is 10.3. The largest absolute Gasteiger partial charge is 0.486 e. The van der Waals surface area contributed by atoms with Gasteiger partial charge in [-0.3, -0.25) is 0 Å². The number of aromatic nitrogens is 3. The van der Waals surface area contributed by atoms with Crippen LogP contribution in [0.25, 0.3) is 0 Å². The van der Waals surface area contributed by atoms with Gasteiger partial charge in [0.05, 0.1) is 4.90 Å². The Labute approximate surface area is 151 Å². The number of ether oxygens (including phenoxy) is 1. The third-order valence-electron chi connectivity index (χ3n) is 3.33. The van der Waals surface area contributed by atoms with Crippen LogP contribution in [0.2, 0.25) is 0 Å². The maximum Gasteiger partial charge on any atom is 0.232 e. The zero-order valence-electron chi connectivity index (χ0n) is 14.0. The molecule has 3 rings (SSSR count). The smallest absolute Gasteiger partial charge is 0.232 e. The molecule has 26 heavy (non-hydrogen) atoms. The maximum absolute atomic E-state index is 11.6. The van der Waals surface area contributed by atoms with E-state index in [-0.39, 0.29) is 17.5 Å². The second-order valence-corrected chi connectivity index (χ2v) is 7.48. The van der Waals surface area contributed by atoms with Gasteiger partial charge in [-0.2, -0.15) is 15.0 Å². The molecule has 0 saturated heterocycles. The summed E-state index contributed by atoms with van der Waals surface area (Å²) in [5.74, 6) is 1.07. The minimum atomic E-state index is -3.31. The van der Waals surface area contributed by atoms with E-state index in [9.17, 15) is 8.42 Å². The average Bonchev–Trinajstić information content (AvgIpc) is 2.60. The number of rotatable bonds is 6. The van der Waals surface area contributed by atoms with Crippen molar-refractivity contribution in [1.82, 2.24) is 15.0 Å². The Morgan fingerprint density at radius 2 is 1.81 bits per heavy atom. The maximum atomic E-state index is 11.6. The number of nitrogens with zero attached hydrogens (tertiary/aromatic N) is 3. The van der Waals surface area contributed by atoms with Gasteiger partial charge in [0, 0.05) is 11.9 Å². The quantitative estimate of drug-likeness (QED) is 0.676. The van der Waals surface area contributed by atoms with E-state index in [1.165, 1.54) is 12.1 Å².